The monoisotopic (exact) mass is 380 g/mol. The second-order valence-corrected chi connectivity index (χ2v) is 9.58. The van der Waals surface area contributed by atoms with Gasteiger partial charge in [0.2, 0.25) is 0 Å². The van der Waals surface area contributed by atoms with Gasteiger partial charge in [-0.1, -0.05) is 89.0 Å². The minimum absolute atomic E-state index is 0.508. The number of rotatable bonds is 13. The van der Waals surface area contributed by atoms with Gasteiger partial charge in [0.05, 0.1) is 12.5 Å². The van der Waals surface area contributed by atoms with E-state index in [0.29, 0.717) is 10.9 Å². The zero-order valence-electron chi connectivity index (χ0n) is 17.5. The Kier molecular flexibility index (Phi) is 16.8. The van der Waals surface area contributed by atoms with Crippen LogP contribution in [0.25, 0.3) is 0 Å². The lowest BCUT2D eigenvalue weighted by atomic mass is 10.0. The Hall–Kier alpha value is -0.960. The number of aryl methyl sites for hydroxylation is 1. The van der Waals surface area contributed by atoms with Crippen molar-refractivity contribution in [2.45, 2.75) is 90.2 Å². The molecule has 0 radical (unpaired) electrons. The van der Waals surface area contributed by atoms with E-state index in [9.17, 15) is 0 Å². The van der Waals surface area contributed by atoms with Gasteiger partial charge in [-0.15, -0.1) is 0 Å². The molecular formula is C23H40O2S. The summed E-state index contributed by atoms with van der Waals surface area (Å²) in [7, 11) is 0.508. The van der Waals surface area contributed by atoms with Crippen molar-refractivity contribution in [3.63, 3.8) is 0 Å². The molecule has 2 nitrogen and oxygen atoms in total. The first-order chi connectivity index (χ1) is 12.5. The number of aliphatic carboxylic acids is 1. The van der Waals surface area contributed by atoms with E-state index in [0.717, 1.165) is 6.92 Å². The molecule has 0 atom stereocenters. The summed E-state index contributed by atoms with van der Waals surface area (Å²) in [4.78, 5) is 8.89. The molecule has 0 spiro atoms. The lowest BCUT2D eigenvalue weighted by Crippen LogP contribution is -2.16. The molecule has 26 heavy (non-hydrogen) atoms. The Labute approximate surface area is 165 Å². The van der Waals surface area contributed by atoms with Crippen molar-refractivity contribution in [3.8, 4) is 0 Å². The minimum Gasteiger partial charge on any atom is -0.550 e. The maximum Gasteiger partial charge on any atom is 0.132 e. The van der Waals surface area contributed by atoms with Crippen molar-refractivity contribution < 1.29 is 9.90 Å². The molecule has 0 aliphatic heterocycles. The molecule has 1 rings (SSSR count). The standard InChI is InChI=1S/C21H37S.C2H4O2/c1-4-5-6-7-8-9-10-11-12-13-16-20-17-14-15-18-21(20)19-22(2)3;1-2(3)4/h14-15,17-18H,4-13,16,19H2,1-3H3;1H3,(H,3,4)/q+1;/p-1. The van der Waals surface area contributed by atoms with E-state index in [1.54, 1.807) is 11.1 Å². The van der Waals surface area contributed by atoms with Crippen LogP contribution in [0.5, 0.6) is 0 Å². The summed E-state index contributed by atoms with van der Waals surface area (Å²) < 4.78 is 0. The van der Waals surface area contributed by atoms with E-state index in [4.69, 9.17) is 9.90 Å². The van der Waals surface area contributed by atoms with E-state index in [1.165, 1.54) is 76.4 Å². The first-order valence-corrected chi connectivity index (χ1v) is 12.5. The molecule has 0 bridgehead atoms. The molecule has 0 fully saturated rings. The number of hydrogen-bond donors (Lipinski definition) is 0. The molecular weight excluding hydrogens is 340 g/mol. The van der Waals surface area contributed by atoms with Gasteiger partial charge in [-0.25, -0.2) is 0 Å². The predicted octanol–water partition coefficient (Wildman–Crippen LogP) is 5.28. The van der Waals surface area contributed by atoms with E-state index < -0.39 is 5.97 Å². The van der Waals surface area contributed by atoms with Gasteiger partial charge in [0, 0.05) is 11.5 Å². The molecule has 1 aromatic rings. The van der Waals surface area contributed by atoms with Crippen molar-refractivity contribution in [2.24, 2.45) is 0 Å². The van der Waals surface area contributed by atoms with E-state index in [2.05, 4.69) is 43.7 Å². The molecule has 0 saturated carbocycles. The molecule has 0 aliphatic carbocycles. The Morgan fingerprint density at radius 3 is 1.73 bits per heavy atom. The number of benzene rings is 1. The second-order valence-electron chi connectivity index (χ2n) is 7.32. The summed E-state index contributed by atoms with van der Waals surface area (Å²) in [6.07, 6.45) is 20.2. The van der Waals surface area contributed by atoms with Gasteiger partial charge in [0.25, 0.3) is 0 Å². The smallest absolute Gasteiger partial charge is 0.132 e. The summed E-state index contributed by atoms with van der Waals surface area (Å²) in [5.41, 5.74) is 3.19. The number of unbranched alkanes of at least 4 members (excludes halogenated alkanes) is 9. The highest BCUT2D eigenvalue weighted by molar-refractivity contribution is 7.94. The van der Waals surface area contributed by atoms with Crippen LogP contribution in [0.4, 0.5) is 0 Å². The Morgan fingerprint density at radius 1 is 0.846 bits per heavy atom. The summed E-state index contributed by atoms with van der Waals surface area (Å²) in [5, 5.41) is 8.89. The second kappa shape index (κ2) is 17.5. The van der Waals surface area contributed by atoms with Gasteiger partial charge in [-0.3, -0.25) is 0 Å². The quantitative estimate of drug-likeness (QED) is 0.345. The number of hydrogen-bond acceptors (Lipinski definition) is 2. The van der Waals surface area contributed by atoms with Gasteiger partial charge in [0.1, 0.15) is 5.75 Å². The highest BCUT2D eigenvalue weighted by Gasteiger charge is 2.08. The third-order valence-electron chi connectivity index (χ3n) is 4.36. The highest BCUT2D eigenvalue weighted by Crippen LogP contribution is 2.17. The third kappa shape index (κ3) is 16.5. The van der Waals surface area contributed by atoms with Crippen LogP contribution in [-0.2, 0) is 27.9 Å². The summed E-state index contributed by atoms with van der Waals surface area (Å²) >= 11 is 0. The fourth-order valence-corrected chi connectivity index (χ4v) is 3.96. The maximum atomic E-state index is 8.89. The zero-order chi connectivity index (χ0) is 19.6. The number of carbonyl (C=O) groups excluding carboxylic acids is 1. The molecule has 150 valence electrons. The van der Waals surface area contributed by atoms with Crippen molar-refractivity contribution in [2.75, 3.05) is 12.5 Å². The van der Waals surface area contributed by atoms with E-state index >= 15 is 0 Å². The molecule has 1 aromatic carbocycles. The molecule has 0 unspecified atom stereocenters. The Bertz CT molecular complexity index is 453. The van der Waals surface area contributed by atoms with Crippen LogP contribution in [0.1, 0.15) is 89.2 Å². The molecule has 0 aromatic heterocycles. The number of carboxylic acids is 1. The Morgan fingerprint density at radius 2 is 1.27 bits per heavy atom. The Balaban J connectivity index is 0.00000141. The SMILES string of the molecule is CC(=O)[O-].CCCCCCCCCCCCc1ccccc1C[S+](C)C. The van der Waals surface area contributed by atoms with Crippen molar-refractivity contribution >= 4 is 16.9 Å². The average molecular weight is 381 g/mol. The van der Waals surface area contributed by atoms with Gasteiger partial charge in [0.15, 0.2) is 0 Å². The lowest BCUT2D eigenvalue weighted by molar-refractivity contribution is -0.302. The first-order valence-electron chi connectivity index (χ1n) is 10.3. The summed E-state index contributed by atoms with van der Waals surface area (Å²) in [5.74, 6) is 0.175. The fraction of sp³-hybridized carbons (Fsp3) is 0.696. The molecule has 0 saturated heterocycles. The highest BCUT2D eigenvalue weighted by atomic mass is 32.2. The minimum atomic E-state index is -1.08. The van der Waals surface area contributed by atoms with Crippen LogP contribution in [0.2, 0.25) is 0 Å². The van der Waals surface area contributed by atoms with E-state index in [-0.39, 0.29) is 0 Å². The van der Waals surface area contributed by atoms with Crippen LogP contribution in [0, 0.1) is 0 Å². The number of carbonyl (C=O) groups is 1. The first kappa shape index (κ1) is 25.0. The predicted molar refractivity (Wildman–Crippen MR) is 116 cm³/mol. The third-order valence-corrected chi connectivity index (χ3v) is 5.25. The molecule has 0 aliphatic rings. The maximum absolute atomic E-state index is 8.89. The fourth-order valence-electron chi connectivity index (χ4n) is 3.06. The normalized spacial score (nSPS) is 10.5. The van der Waals surface area contributed by atoms with Crippen molar-refractivity contribution in [1.82, 2.24) is 0 Å². The van der Waals surface area contributed by atoms with Crippen LogP contribution < -0.4 is 5.11 Å². The van der Waals surface area contributed by atoms with Crippen LogP contribution in [0.3, 0.4) is 0 Å². The van der Waals surface area contributed by atoms with Crippen molar-refractivity contribution in [3.05, 3.63) is 35.4 Å². The van der Waals surface area contributed by atoms with Gasteiger partial charge >= 0.3 is 0 Å². The van der Waals surface area contributed by atoms with Crippen molar-refractivity contribution in [1.29, 1.82) is 0 Å². The average Bonchev–Trinajstić information content (AvgIpc) is 2.57. The van der Waals surface area contributed by atoms with Crippen LogP contribution >= 0.6 is 0 Å². The van der Waals surface area contributed by atoms with Gasteiger partial charge in [-0.2, -0.15) is 0 Å². The summed E-state index contributed by atoms with van der Waals surface area (Å²) in [6.45, 7) is 3.26. The topological polar surface area (TPSA) is 40.1 Å². The lowest BCUT2D eigenvalue weighted by Gasteiger charge is -2.08. The van der Waals surface area contributed by atoms with Crippen LogP contribution in [-0.4, -0.2) is 18.5 Å². The zero-order valence-corrected chi connectivity index (χ0v) is 18.3. The molecule has 0 N–H and O–H groups in total. The van der Waals surface area contributed by atoms with Crippen LogP contribution in [0.15, 0.2) is 24.3 Å². The largest absolute Gasteiger partial charge is 0.550 e. The molecule has 3 heteroatoms. The van der Waals surface area contributed by atoms with Gasteiger partial charge in [-0.05, 0) is 36.2 Å². The summed E-state index contributed by atoms with van der Waals surface area (Å²) in [6, 6.07) is 9.08. The number of carboxylic acid groups (broad SMARTS) is 1. The molecule has 0 heterocycles. The molecule has 0 amide bonds. The van der Waals surface area contributed by atoms with Gasteiger partial charge < -0.3 is 9.90 Å². The van der Waals surface area contributed by atoms with E-state index in [1.807, 2.05) is 0 Å².